The van der Waals surface area contributed by atoms with Crippen LogP contribution in [-0.2, 0) is 0 Å². The number of hydrogen-bond donors (Lipinski definition) is 2. The number of amides is 2. The summed E-state index contributed by atoms with van der Waals surface area (Å²) in [6.07, 6.45) is 0.850. The molecular weight excluding hydrogens is 366 g/mol. The van der Waals surface area contributed by atoms with E-state index in [1.807, 2.05) is 38.4 Å². The predicted octanol–water partition coefficient (Wildman–Crippen LogP) is 2.86. The minimum atomic E-state index is -0.345. The van der Waals surface area contributed by atoms with Crippen LogP contribution < -0.4 is 15.5 Å². The van der Waals surface area contributed by atoms with Crippen molar-refractivity contribution in [3.8, 4) is 0 Å². The van der Waals surface area contributed by atoms with Gasteiger partial charge in [0.25, 0.3) is 11.8 Å². The van der Waals surface area contributed by atoms with Crippen molar-refractivity contribution in [2.45, 2.75) is 20.3 Å². The van der Waals surface area contributed by atoms with Crippen molar-refractivity contribution in [3.05, 3.63) is 53.9 Å². The molecule has 0 aliphatic heterocycles. The molecule has 7 heteroatoms. The number of benzene rings is 1. The molecule has 7 nitrogen and oxygen atoms in total. The van der Waals surface area contributed by atoms with E-state index < -0.39 is 0 Å². The highest BCUT2D eigenvalue weighted by molar-refractivity contribution is 6.03. The zero-order chi connectivity index (χ0) is 21.2. The van der Waals surface area contributed by atoms with E-state index in [0.29, 0.717) is 12.2 Å². The van der Waals surface area contributed by atoms with Gasteiger partial charge >= 0.3 is 0 Å². The molecule has 0 saturated heterocycles. The molecule has 1 aromatic heterocycles. The van der Waals surface area contributed by atoms with Crippen molar-refractivity contribution < 1.29 is 9.59 Å². The highest BCUT2D eigenvalue weighted by Crippen LogP contribution is 2.18. The Bertz CT molecular complexity index is 801. The highest BCUT2D eigenvalue weighted by atomic mass is 16.2. The molecule has 156 valence electrons. The number of carbonyl (C=O) groups is 2. The second-order valence-corrected chi connectivity index (χ2v) is 6.99. The molecule has 0 spiro atoms. The quantitative estimate of drug-likeness (QED) is 0.603. The van der Waals surface area contributed by atoms with E-state index in [2.05, 4.69) is 39.3 Å². The van der Waals surface area contributed by atoms with E-state index in [1.165, 1.54) is 0 Å². The van der Waals surface area contributed by atoms with Gasteiger partial charge in [-0.3, -0.25) is 9.59 Å². The molecule has 2 amide bonds. The lowest BCUT2D eigenvalue weighted by Crippen LogP contribution is -2.28. The van der Waals surface area contributed by atoms with Gasteiger partial charge in [-0.15, -0.1) is 0 Å². The van der Waals surface area contributed by atoms with E-state index in [9.17, 15) is 9.59 Å². The smallest absolute Gasteiger partial charge is 0.274 e. The monoisotopic (exact) mass is 397 g/mol. The topological polar surface area (TPSA) is 77.6 Å². The van der Waals surface area contributed by atoms with Crippen molar-refractivity contribution in [1.29, 1.82) is 0 Å². The van der Waals surface area contributed by atoms with Crippen LogP contribution in [0.3, 0.4) is 0 Å². The molecule has 1 heterocycles. The number of anilines is 2. The summed E-state index contributed by atoms with van der Waals surface area (Å²) in [6, 6.07) is 12.6. The maximum absolute atomic E-state index is 12.5. The first kappa shape index (κ1) is 22.4. The summed E-state index contributed by atoms with van der Waals surface area (Å²) in [5, 5.41) is 5.67. The fraction of sp³-hybridized carbons (Fsp3) is 0.409. The Kier molecular flexibility index (Phi) is 8.61. The van der Waals surface area contributed by atoms with Gasteiger partial charge in [-0.25, -0.2) is 4.98 Å². The highest BCUT2D eigenvalue weighted by Gasteiger charge is 2.13. The van der Waals surface area contributed by atoms with Gasteiger partial charge in [0, 0.05) is 31.0 Å². The molecule has 29 heavy (non-hydrogen) atoms. The van der Waals surface area contributed by atoms with Crippen LogP contribution in [0.1, 0.15) is 41.2 Å². The Morgan fingerprint density at radius 2 is 1.55 bits per heavy atom. The van der Waals surface area contributed by atoms with Crippen molar-refractivity contribution in [2.24, 2.45) is 0 Å². The third-order valence-corrected chi connectivity index (χ3v) is 4.54. The molecule has 0 unspecified atom stereocenters. The number of nitrogens with zero attached hydrogens (tertiary/aromatic N) is 3. The van der Waals surface area contributed by atoms with Crippen molar-refractivity contribution in [1.82, 2.24) is 15.2 Å². The number of rotatable bonds is 10. The Balaban J connectivity index is 1.97. The fourth-order valence-electron chi connectivity index (χ4n) is 2.91. The zero-order valence-electron chi connectivity index (χ0n) is 17.7. The Hall–Kier alpha value is -2.93. The fourth-order valence-corrected chi connectivity index (χ4v) is 2.91. The van der Waals surface area contributed by atoms with Crippen LogP contribution in [-0.4, -0.2) is 62.0 Å². The van der Waals surface area contributed by atoms with Crippen LogP contribution in [0.2, 0.25) is 0 Å². The molecule has 0 saturated carbocycles. The average Bonchev–Trinajstić information content (AvgIpc) is 2.73. The normalized spacial score (nSPS) is 10.7. The summed E-state index contributed by atoms with van der Waals surface area (Å²) in [5.74, 6) is -0.621. The molecule has 2 aromatic rings. The van der Waals surface area contributed by atoms with Crippen LogP contribution in [0.15, 0.2) is 42.5 Å². The van der Waals surface area contributed by atoms with Gasteiger partial charge in [-0.1, -0.05) is 6.07 Å². The van der Waals surface area contributed by atoms with Crippen LogP contribution in [0, 0.1) is 0 Å². The number of aromatic nitrogens is 1. The third-order valence-electron chi connectivity index (χ3n) is 4.54. The minimum Gasteiger partial charge on any atom is -0.372 e. The molecule has 0 atom stereocenters. The molecule has 0 aliphatic rings. The number of hydrogen-bond acceptors (Lipinski definition) is 5. The van der Waals surface area contributed by atoms with E-state index in [4.69, 9.17) is 0 Å². The van der Waals surface area contributed by atoms with Gasteiger partial charge in [0.2, 0.25) is 0 Å². The first-order valence-electron chi connectivity index (χ1n) is 10.0. The maximum atomic E-state index is 12.5. The van der Waals surface area contributed by atoms with Gasteiger partial charge in [0.15, 0.2) is 0 Å². The summed E-state index contributed by atoms with van der Waals surface area (Å²) in [6.45, 7) is 7.52. The Morgan fingerprint density at radius 3 is 2.14 bits per heavy atom. The zero-order valence-corrected chi connectivity index (χ0v) is 17.7. The van der Waals surface area contributed by atoms with E-state index in [1.54, 1.807) is 18.2 Å². The number of carbonyl (C=O) groups excluding carboxylic acids is 2. The molecule has 2 N–H and O–H groups in total. The van der Waals surface area contributed by atoms with Gasteiger partial charge in [-0.2, -0.15) is 0 Å². The van der Waals surface area contributed by atoms with E-state index in [0.717, 1.165) is 31.7 Å². The molecule has 1 aromatic carbocycles. The van der Waals surface area contributed by atoms with Crippen molar-refractivity contribution in [3.63, 3.8) is 0 Å². The Morgan fingerprint density at radius 1 is 0.931 bits per heavy atom. The summed E-state index contributed by atoms with van der Waals surface area (Å²) in [7, 11) is 3.98. The van der Waals surface area contributed by atoms with Gasteiger partial charge in [-0.05, 0) is 77.3 Å². The summed E-state index contributed by atoms with van der Waals surface area (Å²) < 4.78 is 0. The molecule has 2 rings (SSSR count). The molecule has 0 aliphatic carbocycles. The van der Waals surface area contributed by atoms with Crippen LogP contribution >= 0.6 is 0 Å². The van der Waals surface area contributed by atoms with Crippen LogP contribution in [0.25, 0.3) is 0 Å². The van der Waals surface area contributed by atoms with Gasteiger partial charge < -0.3 is 20.4 Å². The van der Waals surface area contributed by atoms with E-state index >= 15 is 0 Å². The summed E-state index contributed by atoms with van der Waals surface area (Å²) in [5.41, 5.74) is 2.24. The lowest BCUT2D eigenvalue weighted by atomic mass is 10.2. The second-order valence-electron chi connectivity index (χ2n) is 6.99. The van der Waals surface area contributed by atoms with Gasteiger partial charge in [0.05, 0.1) is 0 Å². The predicted molar refractivity (Wildman–Crippen MR) is 118 cm³/mol. The van der Waals surface area contributed by atoms with Crippen molar-refractivity contribution >= 4 is 23.2 Å². The first-order valence-corrected chi connectivity index (χ1v) is 10.0. The van der Waals surface area contributed by atoms with Crippen LogP contribution in [0.5, 0.6) is 0 Å². The largest absolute Gasteiger partial charge is 0.372 e. The lowest BCUT2D eigenvalue weighted by Gasteiger charge is -2.21. The molecule has 0 bridgehead atoms. The van der Waals surface area contributed by atoms with Gasteiger partial charge in [0.1, 0.15) is 11.4 Å². The first-order chi connectivity index (χ1) is 13.9. The lowest BCUT2D eigenvalue weighted by molar-refractivity contribution is 0.0947. The van der Waals surface area contributed by atoms with Crippen molar-refractivity contribution in [2.75, 3.05) is 50.5 Å². The number of nitrogens with one attached hydrogen (secondary N) is 2. The molecule has 0 radical (unpaired) electrons. The third kappa shape index (κ3) is 6.87. The number of pyridine rings is 1. The SMILES string of the molecule is CCN(CC)c1ccc(NC(=O)c2cccc(C(=O)NCCCN(C)C)n2)cc1. The molecule has 0 fully saturated rings. The van der Waals surface area contributed by atoms with E-state index in [-0.39, 0.29) is 23.2 Å². The Labute approximate surface area is 173 Å². The standard InChI is InChI=1S/C22H31N5O2/c1-5-27(6-2)18-13-11-17(12-14-18)24-22(29)20-10-7-9-19(25-20)21(28)23-15-8-16-26(3)4/h7,9-14H,5-6,8,15-16H2,1-4H3,(H,23,28)(H,24,29). The average molecular weight is 398 g/mol. The van der Waals surface area contributed by atoms with Crippen LogP contribution in [0.4, 0.5) is 11.4 Å². The minimum absolute atomic E-state index is 0.207. The molecular formula is C22H31N5O2. The summed E-state index contributed by atoms with van der Waals surface area (Å²) >= 11 is 0. The summed E-state index contributed by atoms with van der Waals surface area (Å²) in [4.78, 5) is 33.3. The maximum Gasteiger partial charge on any atom is 0.274 e. The second kappa shape index (κ2) is 11.2.